The first-order chi connectivity index (χ1) is 5.86. The molecule has 0 N–H and O–H groups in total. The van der Waals surface area contributed by atoms with Crippen LogP contribution in [0.3, 0.4) is 0 Å². The molecule has 66 valence electrons. The standard InChI is InChI=1S/C12H18/c1-10-4-2-6-11(7-3-5-10)12-8-9-12/h4,7,12H,2-3,5-6,8-9H2,1H3/b10-4-,11-7+. The normalized spacial score (nSPS) is 34.1. The SMILES string of the molecule is C/C1=C/CC/C(C2CC2)=C\CC1. The minimum Gasteiger partial charge on any atom is -0.0853 e. The Balaban J connectivity index is 1.95. The zero-order chi connectivity index (χ0) is 8.39. The van der Waals surface area contributed by atoms with E-state index in [0.717, 1.165) is 5.92 Å². The molecule has 0 unspecified atom stereocenters. The van der Waals surface area contributed by atoms with Crippen LogP contribution in [0.15, 0.2) is 23.3 Å². The number of rotatable bonds is 1. The summed E-state index contributed by atoms with van der Waals surface area (Å²) < 4.78 is 0. The first-order valence-electron chi connectivity index (χ1n) is 5.21. The Morgan fingerprint density at radius 1 is 1.08 bits per heavy atom. The van der Waals surface area contributed by atoms with Gasteiger partial charge in [0.05, 0.1) is 0 Å². The van der Waals surface area contributed by atoms with Gasteiger partial charge in [0.2, 0.25) is 0 Å². The van der Waals surface area contributed by atoms with Gasteiger partial charge in [0.1, 0.15) is 0 Å². The third-order valence-electron chi connectivity index (χ3n) is 2.97. The molecule has 0 aromatic heterocycles. The molecular formula is C12H18. The van der Waals surface area contributed by atoms with E-state index in [9.17, 15) is 0 Å². The summed E-state index contributed by atoms with van der Waals surface area (Å²) in [6.07, 6.45) is 13.1. The molecule has 2 aliphatic carbocycles. The van der Waals surface area contributed by atoms with E-state index in [0.29, 0.717) is 0 Å². The Kier molecular flexibility index (Phi) is 2.34. The lowest BCUT2D eigenvalue weighted by Crippen LogP contribution is -1.90. The van der Waals surface area contributed by atoms with Crippen LogP contribution in [0.2, 0.25) is 0 Å². The molecule has 0 radical (unpaired) electrons. The van der Waals surface area contributed by atoms with Gasteiger partial charge in [-0.3, -0.25) is 0 Å². The van der Waals surface area contributed by atoms with Crippen molar-refractivity contribution in [3.05, 3.63) is 23.3 Å². The molecule has 0 amide bonds. The molecule has 0 bridgehead atoms. The second-order valence-corrected chi connectivity index (χ2v) is 4.18. The van der Waals surface area contributed by atoms with Crippen LogP contribution in [-0.4, -0.2) is 0 Å². The quantitative estimate of drug-likeness (QED) is 0.514. The zero-order valence-corrected chi connectivity index (χ0v) is 7.97. The Labute approximate surface area is 75.4 Å². The molecule has 0 saturated heterocycles. The molecule has 2 aliphatic rings. The number of allylic oxidation sites excluding steroid dienone is 4. The summed E-state index contributed by atoms with van der Waals surface area (Å²) in [5.74, 6) is 0.997. The largest absolute Gasteiger partial charge is 0.0853 e. The summed E-state index contributed by atoms with van der Waals surface area (Å²) in [5.41, 5.74) is 3.35. The van der Waals surface area contributed by atoms with E-state index in [1.165, 1.54) is 38.5 Å². The molecule has 0 atom stereocenters. The van der Waals surface area contributed by atoms with Crippen molar-refractivity contribution in [3.63, 3.8) is 0 Å². The van der Waals surface area contributed by atoms with E-state index < -0.39 is 0 Å². The third kappa shape index (κ3) is 2.00. The Bertz CT molecular complexity index is 216. The van der Waals surface area contributed by atoms with Crippen LogP contribution in [0, 0.1) is 5.92 Å². The van der Waals surface area contributed by atoms with Crippen LogP contribution in [0.4, 0.5) is 0 Å². The fraction of sp³-hybridized carbons (Fsp3) is 0.667. The van der Waals surface area contributed by atoms with Gasteiger partial charge in [-0.25, -0.2) is 0 Å². The number of hydrogen-bond donors (Lipinski definition) is 0. The summed E-state index contributed by atoms with van der Waals surface area (Å²) >= 11 is 0. The van der Waals surface area contributed by atoms with Crippen molar-refractivity contribution in [2.45, 2.75) is 45.4 Å². The lowest BCUT2D eigenvalue weighted by molar-refractivity contribution is 0.810. The van der Waals surface area contributed by atoms with Gasteiger partial charge in [-0.05, 0) is 51.4 Å². The van der Waals surface area contributed by atoms with Gasteiger partial charge in [0, 0.05) is 0 Å². The molecular weight excluding hydrogens is 144 g/mol. The molecule has 0 aromatic carbocycles. The molecule has 1 saturated carbocycles. The van der Waals surface area contributed by atoms with Gasteiger partial charge in [-0.15, -0.1) is 0 Å². The molecule has 0 heterocycles. The van der Waals surface area contributed by atoms with Crippen LogP contribution in [-0.2, 0) is 0 Å². The van der Waals surface area contributed by atoms with Gasteiger partial charge < -0.3 is 0 Å². The van der Waals surface area contributed by atoms with E-state index >= 15 is 0 Å². The maximum absolute atomic E-state index is 2.51. The molecule has 12 heavy (non-hydrogen) atoms. The van der Waals surface area contributed by atoms with Gasteiger partial charge >= 0.3 is 0 Å². The Morgan fingerprint density at radius 2 is 1.83 bits per heavy atom. The molecule has 1 fully saturated rings. The van der Waals surface area contributed by atoms with Crippen molar-refractivity contribution < 1.29 is 0 Å². The van der Waals surface area contributed by atoms with E-state index in [4.69, 9.17) is 0 Å². The molecule has 0 aromatic rings. The van der Waals surface area contributed by atoms with Crippen LogP contribution in [0.5, 0.6) is 0 Å². The molecule has 0 nitrogen and oxygen atoms in total. The fourth-order valence-corrected chi connectivity index (χ4v) is 2.00. The second kappa shape index (κ2) is 3.47. The molecule has 0 aliphatic heterocycles. The minimum atomic E-state index is 0.997. The maximum Gasteiger partial charge on any atom is -0.0203 e. The monoisotopic (exact) mass is 162 g/mol. The van der Waals surface area contributed by atoms with Crippen molar-refractivity contribution in [2.75, 3.05) is 0 Å². The highest BCUT2D eigenvalue weighted by Gasteiger charge is 2.25. The van der Waals surface area contributed by atoms with Crippen molar-refractivity contribution in [2.24, 2.45) is 5.92 Å². The van der Waals surface area contributed by atoms with E-state index in [1.807, 2.05) is 0 Å². The minimum absolute atomic E-state index is 0.997. The van der Waals surface area contributed by atoms with Crippen molar-refractivity contribution >= 4 is 0 Å². The maximum atomic E-state index is 2.51. The third-order valence-corrected chi connectivity index (χ3v) is 2.97. The summed E-state index contributed by atoms with van der Waals surface area (Å²) in [6.45, 7) is 2.26. The second-order valence-electron chi connectivity index (χ2n) is 4.18. The highest BCUT2D eigenvalue weighted by molar-refractivity contribution is 5.16. The Morgan fingerprint density at radius 3 is 2.58 bits per heavy atom. The predicted octanol–water partition coefficient (Wildman–Crippen LogP) is 3.84. The van der Waals surface area contributed by atoms with Gasteiger partial charge in [0.25, 0.3) is 0 Å². The summed E-state index contributed by atoms with van der Waals surface area (Å²) in [6, 6.07) is 0. The first kappa shape index (κ1) is 8.10. The van der Waals surface area contributed by atoms with Crippen molar-refractivity contribution in [1.29, 1.82) is 0 Å². The average molecular weight is 162 g/mol. The summed E-state index contributed by atoms with van der Waals surface area (Å²) in [5, 5.41) is 0. The van der Waals surface area contributed by atoms with Crippen LogP contribution >= 0.6 is 0 Å². The van der Waals surface area contributed by atoms with E-state index in [2.05, 4.69) is 19.1 Å². The van der Waals surface area contributed by atoms with Gasteiger partial charge in [-0.2, -0.15) is 0 Å². The Hall–Kier alpha value is -0.520. The topological polar surface area (TPSA) is 0 Å². The first-order valence-corrected chi connectivity index (χ1v) is 5.21. The van der Waals surface area contributed by atoms with Crippen LogP contribution < -0.4 is 0 Å². The summed E-state index contributed by atoms with van der Waals surface area (Å²) in [4.78, 5) is 0. The summed E-state index contributed by atoms with van der Waals surface area (Å²) in [7, 11) is 0. The molecule has 0 heteroatoms. The molecule has 2 rings (SSSR count). The predicted molar refractivity (Wildman–Crippen MR) is 53.0 cm³/mol. The fourth-order valence-electron chi connectivity index (χ4n) is 2.00. The van der Waals surface area contributed by atoms with Gasteiger partial charge in [-0.1, -0.05) is 23.3 Å². The molecule has 0 spiro atoms. The van der Waals surface area contributed by atoms with E-state index in [-0.39, 0.29) is 0 Å². The van der Waals surface area contributed by atoms with Crippen molar-refractivity contribution in [1.82, 2.24) is 0 Å². The lowest BCUT2D eigenvalue weighted by atomic mass is 9.98. The highest BCUT2D eigenvalue weighted by Crippen LogP contribution is 2.39. The highest BCUT2D eigenvalue weighted by atomic mass is 14.3. The average Bonchev–Trinajstić information content (AvgIpc) is 2.79. The number of hydrogen-bond acceptors (Lipinski definition) is 0. The van der Waals surface area contributed by atoms with E-state index in [1.54, 1.807) is 11.1 Å². The zero-order valence-electron chi connectivity index (χ0n) is 7.97. The van der Waals surface area contributed by atoms with Gasteiger partial charge in [0.15, 0.2) is 0 Å². The smallest absolute Gasteiger partial charge is 0.0203 e. The van der Waals surface area contributed by atoms with Crippen molar-refractivity contribution in [3.8, 4) is 0 Å². The van der Waals surface area contributed by atoms with Crippen LogP contribution in [0.25, 0.3) is 0 Å². The van der Waals surface area contributed by atoms with Crippen LogP contribution in [0.1, 0.15) is 45.4 Å². The lowest BCUT2D eigenvalue weighted by Gasteiger charge is -2.08.